The van der Waals surface area contributed by atoms with Gasteiger partial charge in [0.25, 0.3) is 11.8 Å². The smallest absolute Gasteiger partial charge is 0.278 e. The molecule has 0 radical (unpaired) electrons. The molecule has 0 bridgehead atoms. The number of amides is 2. The first-order chi connectivity index (χ1) is 16.0. The number of ether oxygens (including phenoxy) is 4. The second kappa shape index (κ2) is 9.95. The van der Waals surface area contributed by atoms with E-state index in [4.69, 9.17) is 18.9 Å². The van der Waals surface area contributed by atoms with Crippen molar-refractivity contribution in [3.8, 4) is 17.2 Å². The van der Waals surface area contributed by atoms with Crippen molar-refractivity contribution in [3.63, 3.8) is 0 Å². The highest BCUT2D eigenvalue weighted by atomic mass is 16.7. The van der Waals surface area contributed by atoms with Crippen molar-refractivity contribution in [2.75, 3.05) is 31.9 Å². The number of nitrogens with zero attached hydrogens (tertiary/aromatic N) is 1. The Balaban J connectivity index is 1.62. The summed E-state index contributed by atoms with van der Waals surface area (Å²) in [4.78, 5) is 27.9. The Kier molecular flexibility index (Phi) is 6.84. The molecule has 0 aliphatic carbocycles. The minimum Gasteiger partial charge on any atom is -0.494 e. The molecular weight excluding hydrogens is 424 g/mol. The van der Waals surface area contributed by atoms with Crippen LogP contribution in [0.3, 0.4) is 0 Å². The Morgan fingerprint density at radius 1 is 1.03 bits per heavy atom. The maximum atomic E-state index is 13.3. The summed E-state index contributed by atoms with van der Waals surface area (Å²) in [7, 11) is 0. The van der Waals surface area contributed by atoms with Gasteiger partial charge in [-0.15, -0.1) is 0 Å². The van der Waals surface area contributed by atoms with Gasteiger partial charge in [-0.1, -0.05) is 12.1 Å². The molecule has 0 fully saturated rings. The van der Waals surface area contributed by atoms with Gasteiger partial charge in [-0.2, -0.15) is 0 Å². The molecule has 8 heteroatoms. The predicted octanol–water partition coefficient (Wildman–Crippen LogP) is 3.82. The van der Waals surface area contributed by atoms with E-state index in [9.17, 15) is 9.59 Å². The molecule has 8 nitrogen and oxygen atoms in total. The average molecular weight is 453 g/mol. The first kappa shape index (κ1) is 22.7. The Labute approximate surface area is 193 Å². The van der Waals surface area contributed by atoms with Crippen LogP contribution in [-0.4, -0.2) is 49.4 Å². The molecule has 2 aliphatic rings. The van der Waals surface area contributed by atoms with Gasteiger partial charge in [-0.05, 0) is 57.0 Å². The molecule has 0 spiro atoms. The molecule has 33 heavy (non-hydrogen) atoms. The molecule has 0 atom stereocenters. The minimum absolute atomic E-state index is 0.0933. The molecule has 0 unspecified atom stereocenters. The molecule has 1 N–H and O–H groups in total. The molecule has 2 aromatic rings. The maximum absolute atomic E-state index is 13.3. The van der Waals surface area contributed by atoms with Gasteiger partial charge in [0.1, 0.15) is 11.4 Å². The molecule has 2 aromatic carbocycles. The van der Waals surface area contributed by atoms with Gasteiger partial charge in [0.15, 0.2) is 11.5 Å². The first-order valence-corrected chi connectivity index (χ1v) is 11.1. The van der Waals surface area contributed by atoms with Crippen molar-refractivity contribution in [1.82, 2.24) is 4.90 Å². The monoisotopic (exact) mass is 452 g/mol. The number of hydrogen-bond acceptors (Lipinski definition) is 7. The lowest BCUT2D eigenvalue weighted by Crippen LogP contribution is -2.34. The highest BCUT2D eigenvalue weighted by Crippen LogP contribution is 2.36. The number of imide groups is 1. The van der Waals surface area contributed by atoms with E-state index in [1.54, 1.807) is 42.5 Å². The Morgan fingerprint density at radius 2 is 1.79 bits per heavy atom. The van der Waals surface area contributed by atoms with Crippen molar-refractivity contribution >= 4 is 23.1 Å². The van der Waals surface area contributed by atoms with Crippen molar-refractivity contribution in [2.24, 2.45) is 0 Å². The SMILES string of the molecule is CCOc1ccc(C2=C(Nc3ccc4c(c3)OCO4)C(=O)N(CCCOC(C)C)C2=O)cc1. The van der Waals surface area contributed by atoms with E-state index in [1.165, 1.54) is 4.90 Å². The number of benzene rings is 2. The zero-order valence-corrected chi connectivity index (χ0v) is 19.1. The zero-order chi connectivity index (χ0) is 23.4. The summed E-state index contributed by atoms with van der Waals surface area (Å²) in [6.45, 7) is 7.25. The third kappa shape index (κ3) is 4.96. The van der Waals surface area contributed by atoms with Crippen LogP contribution < -0.4 is 19.5 Å². The molecule has 4 rings (SSSR count). The number of rotatable bonds is 10. The number of nitrogens with one attached hydrogen (secondary N) is 1. The van der Waals surface area contributed by atoms with E-state index in [2.05, 4.69) is 5.32 Å². The largest absolute Gasteiger partial charge is 0.494 e. The molecule has 174 valence electrons. The zero-order valence-electron chi connectivity index (χ0n) is 19.1. The second-order valence-corrected chi connectivity index (χ2v) is 7.94. The third-order valence-electron chi connectivity index (χ3n) is 5.24. The number of fused-ring (bicyclic) bond motifs is 1. The summed E-state index contributed by atoms with van der Waals surface area (Å²) >= 11 is 0. The number of anilines is 1. The average Bonchev–Trinajstić information content (AvgIpc) is 3.35. The van der Waals surface area contributed by atoms with Crippen LogP contribution in [0.25, 0.3) is 5.57 Å². The van der Waals surface area contributed by atoms with Crippen LogP contribution in [0.1, 0.15) is 32.8 Å². The van der Waals surface area contributed by atoms with Gasteiger partial charge in [0, 0.05) is 24.9 Å². The van der Waals surface area contributed by atoms with Gasteiger partial charge in [0.05, 0.1) is 18.3 Å². The van der Waals surface area contributed by atoms with Crippen LogP contribution in [0.4, 0.5) is 5.69 Å². The third-order valence-corrected chi connectivity index (χ3v) is 5.24. The maximum Gasteiger partial charge on any atom is 0.278 e. The quantitative estimate of drug-likeness (QED) is 0.433. The van der Waals surface area contributed by atoms with Gasteiger partial charge < -0.3 is 24.3 Å². The first-order valence-electron chi connectivity index (χ1n) is 11.1. The Bertz CT molecular complexity index is 1060. The normalized spacial score (nSPS) is 15.1. The van der Waals surface area contributed by atoms with Crippen LogP contribution in [0.15, 0.2) is 48.2 Å². The number of hydrogen-bond donors (Lipinski definition) is 1. The molecular formula is C25H28N2O6. The summed E-state index contributed by atoms with van der Waals surface area (Å²) in [6, 6.07) is 12.5. The second-order valence-electron chi connectivity index (χ2n) is 7.94. The lowest BCUT2D eigenvalue weighted by atomic mass is 10.0. The van der Waals surface area contributed by atoms with Gasteiger partial charge in [0.2, 0.25) is 6.79 Å². The highest BCUT2D eigenvalue weighted by Gasteiger charge is 2.39. The van der Waals surface area contributed by atoms with Crippen LogP contribution in [0.2, 0.25) is 0 Å². The van der Waals surface area contributed by atoms with E-state index in [1.807, 2.05) is 20.8 Å². The predicted molar refractivity (Wildman–Crippen MR) is 123 cm³/mol. The van der Waals surface area contributed by atoms with Crippen LogP contribution in [-0.2, 0) is 14.3 Å². The van der Waals surface area contributed by atoms with Crippen molar-refractivity contribution in [1.29, 1.82) is 0 Å². The van der Waals surface area contributed by atoms with Crippen LogP contribution in [0.5, 0.6) is 17.2 Å². The lowest BCUT2D eigenvalue weighted by Gasteiger charge is -2.16. The molecule has 0 saturated heterocycles. The molecule has 0 aromatic heterocycles. The topological polar surface area (TPSA) is 86.3 Å². The van der Waals surface area contributed by atoms with Crippen molar-refractivity contribution in [3.05, 3.63) is 53.7 Å². The van der Waals surface area contributed by atoms with Gasteiger partial charge >= 0.3 is 0 Å². The molecule has 2 heterocycles. The Morgan fingerprint density at radius 3 is 2.52 bits per heavy atom. The van der Waals surface area contributed by atoms with Crippen LogP contribution in [0, 0.1) is 0 Å². The molecule has 2 amide bonds. The van der Waals surface area contributed by atoms with Crippen LogP contribution >= 0.6 is 0 Å². The molecule has 2 aliphatic heterocycles. The minimum atomic E-state index is -0.369. The number of carbonyl (C=O) groups is 2. The highest BCUT2D eigenvalue weighted by molar-refractivity contribution is 6.36. The van der Waals surface area contributed by atoms with Gasteiger partial charge in [-0.25, -0.2) is 0 Å². The van der Waals surface area contributed by atoms with Gasteiger partial charge in [-0.3, -0.25) is 14.5 Å². The summed E-state index contributed by atoms with van der Waals surface area (Å²) in [6.07, 6.45) is 0.652. The van der Waals surface area contributed by atoms with E-state index in [-0.39, 0.29) is 37.0 Å². The Hall–Kier alpha value is -3.52. The fourth-order valence-corrected chi connectivity index (χ4v) is 3.71. The number of carbonyl (C=O) groups excluding carboxylic acids is 2. The van der Waals surface area contributed by atoms with Crippen molar-refractivity contribution < 1.29 is 28.5 Å². The van der Waals surface area contributed by atoms with E-state index in [0.29, 0.717) is 53.7 Å². The summed E-state index contributed by atoms with van der Waals surface area (Å²) in [5.74, 6) is 1.22. The lowest BCUT2D eigenvalue weighted by molar-refractivity contribution is -0.137. The van der Waals surface area contributed by atoms with E-state index in [0.717, 1.165) is 0 Å². The van der Waals surface area contributed by atoms with E-state index >= 15 is 0 Å². The van der Waals surface area contributed by atoms with Crippen molar-refractivity contribution in [2.45, 2.75) is 33.3 Å². The standard InChI is InChI=1S/C25H28N2O6/c1-4-30-19-9-6-17(7-10-19)22-23(26-18-8-11-20-21(14-18)33-15-32-20)25(29)27(24(22)28)12-5-13-31-16(2)3/h6-11,14,16,26H,4-5,12-13,15H2,1-3H3. The summed E-state index contributed by atoms with van der Waals surface area (Å²) in [5.41, 5.74) is 1.82. The fraction of sp³-hybridized carbons (Fsp3) is 0.360. The summed E-state index contributed by atoms with van der Waals surface area (Å²) in [5, 5.41) is 3.15. The fourth-order valence-electron chi connectivity index (χ4n) is 3.71. The molecule has 0 saturated carbocycles. The van der Waals surface area contributed by atoms with E-state index < -0.39 is 0 Å². The summed E-state index contributed by atoms with van der Waals surface area (Å²) < 4.78 is 21.9.